The first-order valence-corrected chi connectivity index (χ1v) is 4.85. The lowest BCUT2D eigenvalue weighted by atomic mass is 9.72. The van der Waals surface area contributed by atoms with E-state index in [1.807, 2.05) is 0 Å². The molecule has 1 nitrogen and oxygen atoms in total. The second kappa shape index (κ2) is 2.48. The van der Waals surface area contributed by atoms with Crippen LogP contribution in [0.5, 0.6) is 0 Å². The second-order valence-electron chi connectivity index (χ2n) is 4.53. The van der Waals surface area contributed by atoms with Crippen molar-refractivity contribution in [3.8, 4) is 0 Å². The first kappa shape index (κ1) is 7.60. The van der Waals surface area contributed by atoms with Gasteiger partial charge in [-0.05, 0) is 44.4 Å². The highest BCUT2D eigenvalue weighted by atomic mass is 16.5. The van der Waals surface area contributed by atoms with Crippen LogP contribution in [-0.2, 0) is 4.74 Å². The summed E-state index contributed by atoms with van der Waals surface area (Å²) in [6, 6.07) is 0. The summed E-state index contributed by atoms with van der Waals surface area (Å²) >= 11 is 0. The number of ether oxygens (including phenoxy) is 1. The second-order valence-corrected chi connectivity index (χ2v) is 4.53. The van der Waals surface area contributed by atoms with E-state index >= 15 is 0 Å². The van der Waals surface area contributed by atoms with E-state index in [2.05, 4.69) is 13.8 Å². The van der Waals surface area contributed by atoms with Gasteiger partial charge in [0.05, 0.1) is 5.60 Å². The summed E-state index contributed by atoms with van der Waals surface area (Å²) in [4.78, 5) is 0. The summed E-state index contributed by atoms with van der Waals surface area (Å²) in [5, 5.41) is 0. The number of fused-ring (bicyclic) bond motifs is 1. The van der Waals surface area contributed by atoms with Crippen molar-refractivity contribution in [1.82, 2.24) is 0 Å². The van der Waals surface area contributed by atoms with Crippen molar-refractivity contribution < 1.29 is 4.74 Å². The number of rotatable bonds is 0. The Kier molecular flexibility index (Phi) is 1.71. The van der Waals surface area contributed by atoms with E-state index in [-0.39, 0.29) is 5.60 Å². The van der Waals surface area contributed by atoms with Crippen LogP contribution in [0, 0.1) is 11.8 Å². The lowest BCUT2D eigenvalue weighted by Crippen LogP contribution is -2.36. The van der Waals surface area contributed by atoms with Gasteiger partial charge < -0.3 is 4.74 Å². The van der Waals surface area contributed by atoms with Crippen molar-refractivity contribution in [2.24, 2.45) is 11.8 Å². The van der Waals surface area contributed by atoms with Gasteiger partial charge in [-0.2, -0.15) is 0 Å². The Balaban J connectivity index is 2.08. The van der Waals surface area contributed by atoms with E-state index in [1.54, 1.807) is 0 Å². The molecule has 1 heteroatoms. The molecule has 1 saturated heterocycles. The van der Waals surface area contributed by atoms with Crippen LogP contribution in [0.4, 0.5) is 0 Å². The minimum Gasteiger partial charge on any atom is -0.375 e. The summed E-state index contributed by atoms with van der Waals surface area (Å²) in [5.41, 5.74) is 0.270. The van der Waals surface area contributed by atoms with Crippen LogP contribution in [-0.4, -0.2) is 12.2 Å². The van der Waals surface area contributed by atoms with Crippen LogP contribution in [0.2, 0.25) is 0 Å². The quantitative estimate of drug-likeness (QED) is 0.521. The van der Waals surface area contributed by atoms with Crippen LogP contribution in [0.15, 0.2) is 0 Å². The molecule has 0 spiro atoms. The maximum absolute atomic E-state index is 5.79. The summed E-state index contributed by atoms with van der Waals surface area (Å²) < 4.78 is 5.79. The fourth-order valence-electron chi connectivity index (χ4n) is 2.64. The van der Waals surface area contributed by atoms with Crippen molar-refractivity contribution in [3.63, 3.8) is 0 Å². The highest BCUT2D eigenvalue weighted by Crippen LogP contribution is 2.44. The molecule has 2 aliphatic rings. The Morgan fingerprint density at radius 1 is 1.36 bits per heavy atom. The van der Waals surface area contributed by atoms with E-state index in [0.29, 0.717) is 0 Å². The predicted molar refractivity (Wildman–Crippen MR) is 45.5 cm³/mol. The Hall–Kier alpha value is -0.0400. The van der Waals surface area contributed by atoms with Gasteiger partial charge in [0.15, 0.2) is 0 Å². The molecule has 1 saturated carbocycles. The fraction of sp³-hybridized carbons (Fsp3) is 1.00. The third kappa shape index (κ3) is 1.20. The van der Waals surface area contributed by atoms with Gasteiger partial charge in [0.2, 0.25) is 0 Å². The summed E-state index contributed by atoms with van der Waals surface area (Å²) in [6.45, 7) is 5.68. The van der Waals surface area contributed by atoms with Gasteiger partial charge in [0, 0.05) is 6.61 Å². The average Bonchev–Trinajstić information content (AvgIpc) is 2.31. The minimum atomic E-state index is 0.270. The Bertz CT molecular complexity index is 155. The van der Waals surface area contributed by atoms with Crippen LogP contribution in [0.1, 0.15) is 39.5 Å². The molecule has 1 aliphatic heterocycles. The van der Waals surface area contributed by atoms with Crippen molar-refractivity contribution in [3.05, 3.63) is 0 Å². The van der Waals surface area contributed by atoms with Gasteiger partial charge in [-0.15, -0.1) is 0 Å². The normalized spacial score (nSPS) is 50.7. The molecule has 1 aliphatic carbocycles. The molecule has 1 heterocycles. The number of hydrogen-bond acceptors (Lipinski definition) is 1. The molecule has 2 unspecified atom stereocenters. The van der Waals surface area contributed by atoms with Gasteiger partial charge >= 0.3 is 0 Å². The molecular weight excluding hydrogens is 136 g/mol. The molecular formula is C10H18O. The van der Waals surface area contributed by atoms with Gasteiger partial charge in [0.1, 0.15) is 0 Å². The highest BCUT2D eigenvalue weighted by Gasteiger charge is 2.43. The third-order valence-corrected chi connectivity index (χ3v) is 3.58. The lowest BCUT2D eigenvalue weighted by molar-refractivity contribution is -0.0379. The van der Waals surface area contributed by atoms with Gasteiger partial charge in [-0.25, -0.2) is 0 Å². The minimum absolute atomic E-state index is 0.270. The molecule has 0 amide bonds. The third-order valence-electron chi connectivity index (χ3n) is 3.58. The number of hydrogen-bond donors (Lipinski definition) is 0. The highest BCUT2D eigenvalue weighted by molar-refractivity contribution is 4.93. The monoisotopic (exact) mass is 154 g/mol. The topological polar surface area (TPSA) is 9.23 Å². The van der Waals surface area contributed by atoms with Crippen LogP contribution < -0.4 is 0 Å². The van der Waals surface area contributed by atoms with Crippen LogP contribution in [0.3, 0.4) is 0 Å². The zero-order valence-electron chi connectivity index (χ0n) is 7.60. The zero-order valence-corrected chi connectivity index (χ0v) is 7.60. The van der Waals surface area contributed by atoms with Gasteiger partial charge in [0.25, 0.3) is 0 Å². The van der Waals surface area contributed by atoms with Crippen molar-refractivity contribution in [2.45, 2.75) is 45.1 Å². The predicted octanol–water partition coefficient (Wildman–Crippen LogP) is 2.60. The molecule has 0 N–H and O–H groups in total. The molecule has 0 aromatic carbocycles. The zero-order chi connectivity index (χ0) is 7.90. The Morgan fingerprint density at radius 2 is 2.18 bits per heavy atom. The Labute approximate surface area is 69.1 Å². The Morgan fingerprint density at radius 3 is 3.00 bits per heavy atom. The van der Waals surface area contributed by atoms with Gasteiger partial charge in [-0.1, -0.05) is 6.92 Å². The van der Waals surface area contributed by atoms with E-state index in [1.165, 1.54) is 25.7 Å². The largest absolute Gasteiger partial charge is 0.375 e. The molecule has 0 aromatic heterocycles. The first-order valence-electron chi connectivity index (χ1n) is 4.85. The summed E-state index contributed by atoms with van der Waals surface area (Å²) in [6.07, 6.45) is 5.36. The average molecular weight is 154 g/mol. The lowest BCUT2D eigenvalue weighted by Gasteiger charge is -2.37. The van der Waals surface area contributed by atoms with Crippen LogP contribution >= 0.6 is 0 Å². The van der Waals surface area contributed by atoms with E-state index in [9.17, 15) is 0 Å². The standard InChI is InChI=1S/C10H18O/c1-8-3-5-10(2)9(7-8)4-6-11-10/h8-9H,3-7H2,1-2H3/t8?,9?,10-/m1/s1. The molecule has 0 bridgehead atoms. The first-order chi connectivity index (χ1) is 5.21. The molecule has 3 atom stereocenters. The van der Waals surface area contributed by atoms with E-state index in [4.69, 9.17) is 4.74 Å². The maximum Gasteiger partial charge on any atom is 0.0683 e. The molecule has 11 heavy (non-hydrogen) atoms. The molecule has 0 aromatic rings. The maximum atomic E-state index is 5.79. The molecule has 0 radical (unpaired) electrons. The molecule has 64 valence electrons. The molecule has 2 fully saturated rings. The van der Waals surface area contributed by atoms with Crippen molar-refractivity contribution >= 4 is 0 Å². The van der Waals surface area contributed by atoms with Crippen molar-refractivity contribution in [2.75, 3.05) is 6.61 Å². The van der Waals surface area contributed by atoms with Crippen LogP contribution in [0.25, 0.3) is 0 Å². The van der Waals surface area contributed by atoms with E-state index in [0.717, 1.165) is 18.4 Å². The van der Waals surface area contributed by atoms with Crippen molar-refractivity contribution in [1.29, 1.82) is 0 Å². The molecule has 2 rings (SSSR count). The smallest absolute Gasteiger partial charge is 0.0683 e. The SMILES string of the molecule is CC1CC[C@@]2(C)OCCC2C1. The van der Waals surface area contributed by atoms with Gasteiger partial charge in [-0.3, -0.25) is 0 Å². The van der Waals surface area contributed by atoms with E-state index < -0.39 is 0 Å². The summed E-state index contributed by atoms with van der Waals surface area (Å²) in [7, 11) is 0. The fourth-order valence-corrected chi connectivity index (χ4v) is 2.64. The summed E-state index contributed by atoms with van der Waals surface area (Å²) in [5.74, 6) is 1.81.